The standard InChI is InChI=1S/C12H20N2O3/c1-5-13-10(15)9(7-8(3)4)11(16)14(6-2)12(13)17/h8-9H,5-7H2,1-4H3. The van der Waals surface area contributed by atoms with Crippen LogP contribution >= 0.6 is 0 Å². The first-order chi connectivity index (χ1) is 7.93. The lowest BCUT2D eigenvalue weighted by Crippen LogP contribution is -2.59. The zero-order valence-electron chi connectivity index (χ0n) is 10.9. The van der Waals surface area contributed by atoms with Crippen molar-refractivity contribution in [2.75, 3.05) is 13.1 Å². The van der Waals surface area contributed by atoms with Crippen LogP contribution in [-0.2, 0) is 9.59 Å². The summed E-state index contributed by atoms with van der Waals surface area (Å²) < 4.78 is 0. The van der Waals surface area contributed by atoms with E-state index in [0.29, 0.717) is 19.5 Å². The highest BCUT2D eigenvalue weighted by molar-refractivity contribution is 6.16. The predicted octanol–water partition coefficient (Wildman–Crippen LogP) is 1.48. The molecule has 0 saturated carbocycles. The van der Waals surface area contributed by atoms with Gasteiger partial charge >= 0.3 is 6.03 Å². The Morgan fingerprint density at radius 2 is 1.41 bits per heavy atom. The van der Waals surface area contributed by atoms with Gasteiger partial charge in [-0.1, -0.05) is 13.8 Å². The van der Waals surface area contributed by atoms with E-state index in [0.717, 1.165) is 9.80 Å². The van der Waals surface area contributed by atoms with Crippen molar-refractivity contribution in [3.8, 4) is 0 Å². The molecular formula is C12H20N2O3. The number of imide groups is 2. The minimum absolute atomic E-state index is 0.249. The Bertz CT molecular complexity index is 313. The van der Waals surface area contributed by atoms with Crippen molar-refractivity contribution in [3.05, 3.63) is 0 Å². The summed E-state index contributed by atoms with van der Waals surface area (Å²) in [4.78, 5) is 38.2. The summed E-state index contributed by atoms with van der Waals surface area (Å²) in [6.07, 6.45) is 0.498. The SMILES string of the molecule is CCN1C(=O)C(CC(C)C)C(=O)N(CC)C1=O. The van der Waals surface area contributed by atoms with Gasteiger partial charge in [-0.15, -0.1) is 0 Å². The summed E-state index contributed by atoms with van der Waals surface area (Å²) in [5, 5.41) is 0. The monoisotopic (exact) mass is 240 g/mol. The van der Waals surface area contributed by atoms with E-state index in [1.54, 1.807) is 13.8 Å². The molecule has 0 bridgehead atoms. The highest BCUT2D eigenvalue weighted by atomic mass is 16.2. The van der Waals surface area contributed by atoms with Crippen LogP contribution in [0.2, 0.25) is 0 Å². The second-order valence-electron chi connectivity index (χ2n) is 4.63. The summed E-state index contributed by atoms with van der Waals surface area (Å²) in [5.74, 6) is -1.13. The summed E-state index contributed by atoms with van der Waals surface area (Å²) in [6, 6.07) is -0.481. The average Bonchev–Trinajstić information content (AvgIpc) is 2.25. The number of barbiturate groups is 1. The van der Waals surface area contributed by atoms with E-state index >= 15 is 0 Å². The van der Waals surface area contributed by atoms with Crippen LogP contribution in [0, 0.1) is 11.8 Å². The van der Waals surface area contributed by atoms with Gasteiger partial charge in [-0.3, -0.25) is 19.4 Å². The maximum absolute atomic E-state index is 12.0. The molecule has 17 heavy (non-hydrogen) atoms. The van der Waals surface area contributed by atoms with Crippen LogP contribution in [0.4, 0.5) is 4.79 Å². The number of amides is 4. The Hall–Kier alpha value is -1.39. The molecule has 1 saturated heterocycles. The molecule has 0 aromatic rings. The van der Waals surface area contributed by atoms with E-state index in [2.05, 4.69) is 0 Å². The van der Waals surface area contributed by atoms with E-state index in [9.17, 15) is 14.4 Å². The molecule has 1 rings (SSSR count). The average molecular weight is 240 g/mol. The summed E-state index contributed by atoms with van der Waals surface area (Å²) >= 11 is 0. The molecule has 0 atom stereocenters. The van der Waals surface area contributed by atoms with Crippen LogP contribution in [0.3, 0.4) is 0 Å². The van der Waals surface area contributed by atoms with E-state index in [1.807, 2.05) is 13.8 Å². The maximum Gasteiger partial charge on any atom is 0.333 e. The van der Waals surface area contributed by atoms with E-state index in [4.69, 9.17) is 0 Å². The van der Waals surface area contributed by atoms with Gasteiger partial charge < -0.3 is 0 Å². The Kier molecular flexibility index (Phi) is 4.26. The molecule has 1 aliphatic rings. The number of hydrogen-bond donors (Lipinski definition) is 0. The third kappa shape index (κ3) is 2.48. The molecular weight excluding hydrogens is 220 g/mol. The number of hydrogen-bond acceptors (Lipinski definition) is 3. The van der Waals surface area contributed by atoms with Gasteiger partial charge in [0.15, 0.2) is 0 Å². The van der Waals surface area contributed by atoms with Gasteiger partial charge in [0.05, 0.1) is 0 Å². The van der Waals surface area contributed by atoms with Crippen LogP contribution < -0.4 is 0 Å². The normalized spacial score (nSPS) is 18.5. The smallest absolute Gasteiger partial charge is 0.273 e. The first kappa shape index (κ1) is 13.7. The van der Waals surface area contributed by atoms with Crippen molar-refractivity contribution < 1.29 is 14.4 Å². The molecule has 0 spiro atoms. The van der Waals surface area contributed by atoms with E-state index in [1.165, 1.54) is 0 Å². The molecule has 0 aliphatic carbocycles. The fourth-order valence-electron chi connectivity index (χ4n) is 2.07. The molecule has 1 aliphatic heterocycles. The van der Waals surface area contributed by atoms with Gasteiger partial charge in [0.25, 0.3) is 0 Å². The first-order valence-corrected chi connectivity index (χ1v) is 6.10. The van der Waals surface area contributed by atoms with Gasteiger partial charge in [0.2, 0.25) is 11.8 Å². The Balaban J connectivity index is 3.01. The van der Waals surface area contributed by atoms with Gasteiger partial charge in [0.1, 0.15) is 5.92 Å². The molecule has 5 nitrogen and oxygen atoms in total. The van der Waals surface area contributed by atoms with Crippen LogP contribution in [-0.4, -0.2) is 40.7 Å². The van der Waals surface area contributed by atoms with Crippen molar-refractivity contribution >= 4 is 17.8 Å². The molecule has 0 aromatic carbocycles. The maximum atomic E-state index is 12.0. The lowest BCUT2D eigenvalue weighted by Gasteiger charge is -2.36. The molecule has 0 N–H and O–H groups in total. The van der Waals surface area contributed by atoms with Gasteiger partial charge in [-0.05, 0) is 26.2 Å². The van der Waals surface area contributed by atoms with Crippen LogP contribution in [0.1, 0.15) is 34.1 Å². The minimum atomic E-state index is -0.687. The molecule has 1 fully saturated rings. The van der Waals surface area contributed by atoms with Gasteiger partial charge in [-0.2, -0.15) is 0 Å². The minimum Gasteiger partial charge on any atom is -0.273 e. The summed E-state index contributed by atoms with van der Waals surface area (Å²) in [7, 11) is 0. The third-order valence-electron chi connectivity index (χ3n) is 2.93. The number of nitrogens with zero attached hydrogens (tertiary/aromatic N) is 2. The zero-order valence-corrected chi connectivity index (χ0v) is 10.9. The largest absolute Gasteiger partial charge is 0.333 e. The highest BCUT2D eigenvalue weighted by Gasteiger charge is 2.44. The van der Waals surface area contributed by atoms with Crippen molar-refractivity contribution in [2.45, 2.75) is 34.1 Å². The number of urea groups is 1. The molecule has 0 unspecified atom stereocenters. The fourth-order valence-corrected chi connectivity index (χ4v) is 2.07. The van der Waals surface area contributed by atoms with Crippen LogP contribution in [0.15, 0.2) is 0 Å². The molecule has 5 heteroatoms. The van der Waals surface area contributed by atoms with Crippen LogP contribution in [0.5, 0.6) is 0 Å². The van der Waals surface area contributed by atoms with E-state index < -0.39 is 11.9 Å². The van der Waals surface area contributed by atoms with Gasteiger partial charge in [0, 0.05) is 13.1 Å². The number of carbonyl (C=O) groups excluding carboxylic acids is 3. The lowest BCUT2D eigenvalue weighted by molar-refractivity contribution is -0.149. The number of rotatable bonds is 4. The molecule has 0 radical (unpaired) electrons. The molecule has 0 aromatic heterocycles. The summed E-state index contributed by atoms with van der Waals surface area (Å²) in [5.41, 5.74) is 0. The Morgan fingerprint density at radius 3 is 1.71 bits per heavy atom. The Morgan fingerprint density at radius 1 is 1.00 bits per heavy atom. The topological polar surface area (TPSA) is 57.7 Å². The second-order valence-corrected chi connectivity index (χ2v) is 4.63. The molecule has 4 amide bonds. The van der Waals surface area contributed by atoms with Crippen LogP contribution in [0.25, 0.3) is 0 Å². The second kappa shape index (κ2) is 5.29. The highest BCUT2D eigenvalue weighted by Crippen LogP contribution is 2.23. The summed E-state index contributed by atoms with van der Waals surface area (Å²) in [6.45, 7) is 8.04. The molecule has 1 heterocycles. The fraction of sp³-hybridized carbons (Fsp3) is 0.750. The van der Waals surface area contributed by atoms with Gasteiger partial charge in [-0.25, -0.2) is 4.79 Å². The predicted molar refractivity (Wildman–Crippen MR) is 63.1 cm³/mol. The van der Waals surface area contributed by atoms with Crippen molar-refractivity contribution in [1.29, 1.82) is 0 Å². The van der Waals surface area contributed by atoms with Crippen molar-refractivity contribution in [1.82, 2.24) is 9.80 Å². The van der Waals surface area contributed by atoms with E-state index in [-0.39, 0.29) is 17.7 Å². The third-order valence-corrected chi connectivity index (χ3v) is 2.93. The Labute approximate surface area is 102 Å². The zero-order chi connectivity index (χ0) is 13.2. The van der Waals surface area contributed by atoms with Crippen molar-refractivity contribution in [2.24, 2.45) is 11.8 Å². The first-order valence-electron chi connectivity index (χ1n) is 6.10. The lowest BCUT2D eigenvalue weighted by atomic mass is 9.93. The van der Waals surface area contributed by atoms with Crippen molar-refractivity contribution in [3.63, 3.8) is 0 Å². The molecule has 96 valence electrons. The quantitative estimate of drug-likeness (QED) is 0.699. The number of carbonyl (C=O) groups is 3.